The second kappa shape index (κ2) is 10.6. The van der Waals surface area contributed by atoms with E-state index in [4.69, 9.17) is 15.0 Å². The van der Waals surface area contributed by atoms with Crippen molar-refractivity contribution in [1.82, 2.24) is 19.7 Å². The number of H-pyrrole nitrogens is 1. The molecule has 3 N–H and O–H groups in total. The molecule has 11 heteroatoms. The van der Waals surface area contributed by atoms with E-state index in [2.05, 4.69) is 15.1 Å². The molecule has 4 aromatic rings. The third-order valence-corrected chi connectivity index (χ3v) is 5.32. The lowest BCUT2D eigenvalue weighted by molar-refractivity contribution is 0.0974. The van der Waals surface area contributed by atoms with Gasteiger partial charge in [-0.2, -0.15) is 0 Å². The van der Waals surface area contributed by atoms with E-state index in [0.29, 0.717) is 24.4 Å². The van der Waals surface area contributed by atoms with Gasteiger partial charge in [0.15, 0.2) is 17.1 Å². The number of hydrogen-bond acceptors (Lipinski definition) is 8. The van der Waals surface area contributed by atoms with E-state index >= 15 is 0 Å². The number of carbonyl (C=O) groups excluding carboxylic acids is 1. The Morgan fingerprint density at radius 1 is 1.20 bits per heavy atom. The number of nitrogens with one attached hydrogen (secondary N) is 1. The first-order valence-electron chi connectivity index (χ1n) is 10.8. The van der Waals surface area contributed by atoms with Gasteiger partial charge >= 0.3 is 5.69 Å². The fourth-order valence-electron chi connectivity index (χ4n) is 3.60. The summed E-state index contributed by atoms with van der Waals surface area (Å²) in [7, 11) is 1.53. The Morgan fingerprint density at radius 2 is 2.00 bits per heavy atom. The highest BCUT2D eigenvalue weighted by atomic mass is 16.5. The molecular weight excluding hydrogens is 452 g/mol. The number of pyridine rings is 1. The molecule has 3 heterocycles. The predicted molar refractivity (Wildman–Crippen MR) is 129 cm³/mol. The zero-order valence-electron chi connectivity index (χ0n) is 19.0. The summed E-state index contributed by atoms with van der Waals surface area (Å²) < 4.78 is 11.7. The number of aromatic nitrogens is 4. The van der Waals surface area contributed by atoms with Crippen molar-refractivity contribution >= 4 is 17.4 Å². The molecule has 0 spiro atoms. The van der Waals surface area contributed by atoms with E-state index in [0.717, 1.165) is 5.56 Å². The molecule has 0 aliphatic carbocycles. The Labute approximate surface area is 199 Å². The molecular formula is C24H24N6O5. The fourth-order valence-corrected chi connectivity index (χ4v) is 3.60. The smallest absolute Gasteiger partial charge is 0.330 e. The summed E-state index contributed by atoms with van der Waals surface area (Å²) in [6, 6.07) is 14.1. The van der Waals surface area contributed by atoms with Crippen LogP contribution in [0.1, 0.15) is 22.5 Å². The van der Waals surface area contributed by atoms with E-state index in [1.54, 1.807) is 24.5 Å². The first kappa shape index (κ1) is 23.6. The number of aromatic amines is 1. The van der Waals surface area contributed by atoms with Crippen LogP contribution in [0.15, 0.2) is 75.0 Å². The highest BCUT2D eigenvalue weighted by Gasteiger charge is 2.27. The average Bonchev–Trinajstić information content (AvgIpc) is 3.37. The molecule has 11 nitrogen and oxygen atoms in total. The van der Waals surface area contributed by atoms with Crippen LogP contribution in [0.4, 0.5) is 11.5 Å². The maximum absolute atomic E-state index is 13.5. The van der Waals surface area contributed by atoms with Crippen LogP contribution in [0.5, 0.6) is 0 Å². The summed E-state index contributed by atoms with van der Waals surface area (Å²) >= 11 is 0. The Balaban J connectivity index is 1.74. The number of hydrogen-bond donors (Lipinski definition) is 2. The number of nitrogen functional groups attached to an aromatic ring is 1. The number of benzene rings is 1. The Hall–Kier alpha value is -4.51. The standard InChI is InChI=1S/C24H24N6O5/c1-34-12-6-11-29(23(32)18-13-19(35-28-18)17-9-5-10-26-14-17)20-21(25)30(24(33)27-22(20)31)15-16-7-3-2-4-8-16/h2-5,7-10,13-14H,6,11-12,15,25H2,1H3,(H,27,31,33). The lowest BCUT2D eigenvalue weighted by Crippen LogP contribution is -2.42. The molecule has 0 aliphatic heterocycles. The van der Waals surface area contributed by atoms with Gasteiger partial charge in [0, 0.05) is 44.3 Å². The van der Waals surface area contributed by atoms with Crippen molar-refractivity contribution in [2.24, 2.45) is 0 Å². The van der Waals surface area contributed by atoms with Crippen molar-refractivity contribution < 1.29 is 14.1 Å². The number of nitrogens with zero attached hydrogens (tertiary/aromatic N) is 4. The maximum atomic E-state index is 13.5. The minimum atomic E-state index is -0.779. The van der Waals surface area contributed by atoms with E-state index in [9.17, 15) is 14.4 Å². The van der Waals surface area contributed by atoms with Crippen molar-refractivity contribution in [3.63, 3.8) is 0 Å². The summed E-state index contributed by atoms with van der Waals surface area (Å²) in [4.78, 5) is 46.4. The van der Waals surface area contributed by atoms with Gasteiger partial charge in [-0.25, -0.2) is 4.79 Å². The zero-order valence-corrected chi connectivity index (χ0v) is 19.0. The molecule has 180 valence electrons. The van der Waals surface area contributed by atoms with Crippen LogP contribution in [-0.4, -0.2) is 45.9 Å². The molecule has 0 fully saturated rings. The van der Waals surface area contributed by atoms with Gasteiger partial charge < -0.3 is 15.0 Å². The molecule has 0 radical (unpaired) electrons. The molecule has 0 saturated carbocycles. The number of nitrogens with two attached hydrogens (primary N) is 1. The molecule has 0 saturated heterocycles. The summed E-state index contributed by atoms with van der Waals surface area (Å²) in [5.74, 6) is -0.402. The van der Waals surface area contributed by atoms with Crippen LogP contribution >= 0.6 is 0 Å². The number of rotatable bonds is 9. The topological polar surface area (TPSA) is 149 Å². The van der Waals surface area contributed by atoms with Crippen molar-refractivity contribution in [3.8, 4) is 11.3 Å². The van der Waals surface area contributed by atoms with E-state index in [1.807, 2.05) is 30.3 Å². The minimum absolute atomic E-state index is 0.0270. The Bertz CT molecular complexity index is 1410. The highest BCUT2D eigenvalue weighted by molar-refractivity contribution is 6.06. The van der Waals surface area contributed by atoms with Gasteiger partial charge in [-0.05, 0) is 24.1 Å². The van der Waals surface area contributed by atoms with E-state index < -0.39 is 17.2 Å². The van der Waals surface area contributed by atoms with Gasteiger partial charge in [-0.3, -0.25) is 29.0 Å². The SMILES string of the molecule is COCCCN(C(=O)c1cc(-c2cccnc2)on1)c1c(N)n(Cc2ccccc2)c(=O)[nH]c1=O. The van der Waals surface area contributed by atoms with Crippen molar-refractivity contribution in [2.45, 2.75) is 13.0 Å². The largest absolute Gasteiger partial charge is 0.385 e. The molecule has 0 bridgehead atoms. The number of ether oxygens (including phenoxy) is 1. The Morgan fingerprint density at radius 3 is 2.71 bits per heavy atom. The molecule has 1 amide bonds. The molecule has 0 unspecified atom stereocenters. The normalized spacial score (nSPS) is 10.9. The molecule has 35 heavy (non-hydrogen) atoms. The van der Waals surface area contributed by atoms with Gasteiger partial charge in [0.25, 0.3) is 11.5 Å². The van der Waals surface area contributed by atoms with Crippen LogP contribution < -0.4 is 21.9 Å². The van der Waals surface area contributed by atoms with Crippen molar-refractivity contribution in [1.29, 1.82) is 0 Å². The second-order valence-corrected chi connectivity index (χ2v) is 7.69. The number of anilines is 2. The van der Waals surface area contributed by atoms with Crippen LogP contribution in [0.3, 0.4) is 0 Å². The lowest BCUT2D eigenvalue weighted by Gasteiger charge is -2.23. The molecule has 0 atom stereocenters. The van der Waals surface area contributed by atoms with Crippen LogP contribution in [-0.2, 0) is 11.3 Å². The summed E-state index contributed by atoms with van der Waals surface area (Å²) in [5, 5.41) is 3.89. The Kier molecular flexibility index (Phi) is 7.17. The summed E-state index contributed by atoms with van der Waals surface area (Å²) in [6.45, 7) is 0.550. The van der Waals surface area contributed by atoms with Gasteiger partial charge in [0.1, 0.15) is 5.82 Å². The van der Waals surface area contributed by atoms with E-state index in [-0.39, 0.29) is 30.3 Å². The summed E-state index contributed by atoms with van der Waals surface area (Å²) in [6.07, 6.45) is 3.60. The monoisotopic (exact) mass is 476 g/mol. The quantitative estimate of drug-likeness (QED) is 0.348. The number of amides is 1. The second-order valence-electron chi connectivity index (χ2n) is 7.69. The molecule has 4 rings (SSSR count). The number of methoxy groups -OCH3 is 1. The van der Waals surface area contributed by atoms with Crippen LogP contribution in [0.2, 0.25) is 0 Å². The fraction of sp³-hybridized carbons (Fsp3) is 0.208. The van der Waals surface area contributed by atoms with Gasteiger partial charge in [0.2, 0.25) is 0 Å². The minimum Gasteiger partial charge on any atom is -0.385 e. The number of carbonyl (C=O) groups is 1. The molecule has 3 aromatic heterocycles. The third-order valence-electron chi connectivity index (χ3n) is 5.32. The van der Waals surface area contributed by atoms with Gasteiger partial charge in [0.05, 0.1) is 6.54 Å². The molecule has 0 aliphatic rings. The average molecular weight is 476 g/mol. The predicted octanol–water partition coefficient (Wildman–Crippen LogP) is 1.90. The van der Waals surface area contributed by atoms with Crippen molar-refractivity contribution in [2.75, 3.05) is 30.9 Å². The highest BCUT2D eigenvalue weighted by Crippen LogP contribution is 2.23. The first-order valence-corrected chi connectivity index (χ1v) is 10.8. The van der Waals surface area contributed by atoms with Crippen LogP contribution in [0.25, 0.3) is 11.3 Å². The van der Waals surface area contributed by atoms with Crippen molar-refractivity contribution in [3.05, 3.63) is 93.0 Å². The maximum Gasteiger partial charge on any atom is 0.330 e. The van der Waals surface area contributed by atoms with E-state index in [1.165, 1.54) is 22.6 Å². The van der Waals surface area contributed by atoms with Gasteiger partial charge in [-0.15, -0.1) is 0 Å². The lowest BCUT2D eigenvalue weighted by atomic mass is 10.2. The zero-order chi connectivity index (χ0) is 24.8. The molecule has 1 aromatic carbocycles. The third kappa shape index (κ3) is 5.20. The van der Waals surface area contributed by atoms with Crippen LogP contribution in [0, 0.1) is 0 Å². The summed E-state index contributed by atoms with van der Waals surface area (Å²) in [5.41, 5.74) is 6.13. The first-order chi connectivity index (χ1) is 17.0. The van der Waals surface area contributed by atoms with Gasteiger partial charge in [-0.1, -0.05) is 35.5 Å².